The molecule has 2 aliphatic carbocycles. The average Bonchev–Trinajstić information content (AvgIpc) is 3.30. The van der Waals surface area contributed by atoms with Gasteiger partial charge in [0.2, 0.25) is 0 Å². The normalized spacial score (nSPS) is 23.0. The molecule has 214 valence electrons. The molecule has 2 aliphatic rings. The van der Waals surface area contributed by atoms with Gasteiger partial charge in [0.05, 0.1) is 25.3 Å². The van der Waals surface area contributed by atoms with E-state index in [1.165, 1.54) is 38.9 Å². The van der Waals surface area contributed by atoms with Crippen LogP contribution in [-0.2, 0) is 21.5 Å². The summed E-state index contributed by atoms with van der Waals surface area (Å²) in [5, 5.41) is 4.87. The molecule has 0 aliphatic heterocycles. The zero-order valence-electron chi connectivity index (χ0n) is 25.2. The number of esters is 1. The van der Waals surface area contributed by atoms with Crippen LogP contribution in [0.5, 0.6) is 5.75 Å². The predicted octanol–water partition coefficient (Wildman–Crippen LogP) is 8.27. The van der Waals surface area contributed by atoms with Crippen molar-refractivity contribution in [2.75, 3.05) is 26.1 Å². The molecule has 1 aromatic heterocycles. The highest BCUT2D eigenvalue weighted by Crippen LogP contribution is 2.65. The van der Waals surface area contributed by atoms with Crippen LogP contribution in [0, 0.1) is 5.41 Å². The number of methoxy groups -OCH3 is 2. The van der Waals surface area contributed by atoms with Crippen LogP contribution in [0.3, 0.4) is 0 Å². The first-order chi connectivity index (χ1) is 19.7. The van der Waals surface area contributed by atoms with Crippen molar-refractivity contribution in [3.8, 4) is 17.0 Å². The maximum absolute atomic E-state index is 13.6. The van der Waals surface area contributed by atoms with E-state index in [9.17, 15) is 4.79 Å². The Morgan fingerprint density at radius 1 is 1.02 bits per heavy atom. The minimum atomic E-state index is -0.610. The van der Waals surface area contributed by atoms with Gasteiger partial charge in [0.15, 0.2) is 0 Å². The van der Waals surface area contributed by atoms with Gasteiger partial charge in [-0.25, -0.2) is 0 Å². The lowest BCUT2D eigenvalue weighted by atomic mass is 9.49. The Hall–Kier alpha value is -3.73. The minimum absolute atomic E-state index is 0.0179. The molecular weight excluding hydrogens is 508 g/mol. The summed E-state index contributed by atoms with van der Waals surface area (Å²) in [6, 6.07) is 23.9. The van der Waals surface area contributed by atoms with Crippen LogP contribution in [0.15, 0.2) is 66.7 Å². The summed E-state index contributed by atoms with van der Waals surface area (Å²) in [4.78, 5) is 13.6. The maximum Gasteiger partial charge on any atom is 0.312 e. The van der Waals surface area contributed by atoms with Gasteiger partial charge >= 0.3 is 5.97 Å². The topological polar surface area (TPSA) is 52.5 Å². The number of fused-ring (bicyclic) bond motifs is 8. The fraction of sp³-hybridized carbons (Fsp3) is 0.417. The van der Waals surface area contributed by atoms with E-state index in [1.807, 2.05) is 12.1 Å². The predicted molar refractivity (Wildman–Crippen MR) is 167 cm³/mol. The monoisotopic (exact) mass is 550 g/mol. The number of benzene rings is 3. The number of aromatic nitrogens is 1. The number of para-hydroxylation sites is 1. The first-order valence-electron chi connectivity index (χ1n) is 14.9. The molecule has 41 heavy (non-hydrogen) atoms. The molecule has 1 fully saturated rings. The summed E-state index contributed by atoms with van der Waals surface area (Å²) >= 11 is 0. The Balaban J connectivity index is 1.56. The van der Waals surface area contributed by atoms with Crippen LogP contribution in [0.25, 0.3) is 22.2 Å². The second-order valence-corrected chi connectivity index (χ2v) is 12.7. The quantitative estimate of drug-likeness (QED) is 0.235. The number of hydrogen-bond donors (Lipinski definition) is 1. The van der Waals surface area contributed by atoms with Gasteiger partial charge in [0.1, 0.15) is 5.75 Å². The van der Waals surface area contributed by atoms with E-state index in [4.69, 9.17) is 9.47 Å². The number of hydrogen-bond acceptors (Lipinski definition) is 4. The molecule has 0 unspecified atom stereocenters. The van der Waals surface area contributed by atoms with E-state index in [0.29, 0.717) is 5.92 Å². The largest absolute Gasteiger partial charge is 0.497 e. The minimum Gasteiger partial charge on any atom is -0.497 e. The summed E-state index contributed by atoms with van der Waals surface area (Å²) in [5.41, 5.74) is 8.11. The molecule has 3 atom stereocenters. The van der Waals surface area contributed by atoms with Crippen molar-refractivity contribution in [1.82, 2.24) is 4.57 Å². The van der Waals surface area contributed by atoms with Crippen LogP contribution in [-0.4, -0.2) is 31.3 Å². The summed E-state index contributed by atoms with van der Waals surface area (Å²) < 4.78 is 13.4. The highest BCUT2D eigenvalue weighted by Gasteiger charge is 2.58. The van der Waals surface area contributed by atoms with Crippen LogP contribution < -0.4 is 10.1 Å². The van der Waals surface area contributed by atoms with E-state index in [-0.39, 0.29) is 17.3 Å². The van der Waals surface area contributed by atoms with Crippen LogP contribution in [0.1, 0.15) is 75.5 Å². The number of ether oxygens (including phenoxy) is 2. The van der Waals surface area contributed by atoms with Gasteiger partial charge in [-0.1, -0.05) is 57.5 Å². The molecule has 4 aromatic rings. The fourth-order valence-corrected chi connectivity index (χ4v) is 7.98. The Morgan fingerprint density at radius 3 is 2.49 bits per heavy atom. The zero-order chi connectivity index (χ0) is 28.9. The third-order valence-corrected chi connectivity index (χ3v) is 9.95. The highest BCUT2D eigenvalue weighted by molar-refractivity contribution is 5.96. The van der Waals surface area contributed by atoms with E-state index in [1.54, 1.807) is 14.2 Å². The second-order valence-electron chi connectivity index (χ2n) is 12.7. The highest BCUT2D eigenvalue weighted by atomic mass is 16.5. The molecular formula is C36H42N2O3. The Kier molecular flexibility index (Phi) is 6.88. The second kappa shape index (κ2) is 10.3. The Morgan fingerprint density at radius 2 is 1.78 bits per heavy atom. The molecule has 6 rings (SSSR count). The van der Waals surface area contributed by atoms with E-state index in [2.05, 4.69) is 92.2 Å². The molecule has 5 heteroatoms. The lowest BCUT2D eigenvalue weighted by molar-refractivity contribution is -0.157. The van der Waals surface area contributed by atoms with Crippen molar-refractivity contribution in [3.05, 3.63) is 83.4 Å². The van der Waals surface area contributed by atoms with E-state index >= 15 is 0 Å². The first-order valence-corrected chi connectivity index (χ1v) is 14.9. The molecule has 1 heterocycles. The maximum atomic E-state index is 13.6. The van der Waals surface area contributed by atoms with Crippen molar-refractivity contribution in [2.24, 2.45) is 5.41 Å². The number of nitrogens with zero attached hydrogens (tertiary/aromatic N) is 1. The smallest absolute Gasteiger partial charge is 0.312 e. The Labute approximate surface area is 243 Å². The van der Waals surface area contributed by atoms with Crippen molar-refractivity contribution in [1.29, 1.82) is 0 Å². The lowest BCUT2D eigenvalue weighted by Gasteiger charge is -2.54. The summed E-state index contributed by atoms with van der Waals surface area (Å²) in [6.07, 6.45) is 2.89. The summed E-state index contributed by atoms with van der Waals surface area (Å²) in [5.74, 6) is 1.20. The van der Waals surface area contributed by atoms with Gasteiger partial charge in [0.25, 0.3) is 0 Å². The molecule has 0 spiro atoms. The van der Waals surface area contributed by atoms with Crippen LogP contribution in [0.4, 0.5) is 5.69 Å². The van der Waals surface area contributed by atoms with Crippen LogP contribution in [0.2, 0.25) is 0 Å². The van der Waals surface area contributed by atoms with Crippen molar-refractivity contribution < 1.29 is 14.3 Å². The first kappa shape index (κ1) is 27.4. The van der Waals surface area contributed by atoms with Gasteiger partial charge in [-0.15, -0.1) is 0 Å². The van der Waals surface area contributed by atoms with Gasteiger partial charge in [-0.3, -0.25) is 4.79 Å². The van der Waals surface area contributed by atoms with Gasteiger partial charge in [0, 0.05) is 46.6 Å². The average molecular weight is 551 g/mol. The molecule has 0 bridgehead atoms. The van der Waals surface area contributed by atoms with Gasteiger partial charge < -0.3 is 19.4 Å². The molecule has 0 radical (unpaired) electrons. The third kappa shape index (κ3) is 4.24. The number of nitrogens with one attached hydrogen (secondary N) is 1. The number of rotatable bonds is 7. The number of carbonyl (C=O) groups excluding carboxylic acids is 1. The third-order valence-electron chi connectivity index (χ3n) is 9.95. The van der Waals surface area contributed by atoms with Gasteiger partial charge in [-0.2, -0.15) is 0 Å². The zero-order valence-corrected chi connectivity index (χ0v) is 25.2. The van der Waals surface area contributed by atoms with E-state index in [0.717, 1.165) is 43.8 Å². The lowest BCUT2D eigenvalue weighted by Crippen LogP contribution is -2.50. The SMILES string of the molecule is COC(=O)[C@]1(C)CCC[C@]2(C)c3ccc(C(C)C)cc3-c3c(c4ccccc4n3CCNc3ccc(OC)cc3)[C@@H]12. The molecule has 5 nitrogen and oxygen atoms in total. The standard InChI is InChI=1S/C36H42N2O3/c1-23(2)24-12-17-29-28(22-24)32-31(33-35(29,3)18-9-19-36(33,4)34(39)41-6)27-10-7-8-11-30(27)38(32)21-20-37-25-13-15-26(40-5)16-14-25/h7-8,10-17,22-23,33,37H,9,18-21H2,1-6H3/t33-,35-,36-/m1/s1. The van der Waals surface area contributed by atoms with Crippen molar-refractivity contribution >= 4 is 22.6 Å². The summed E-state index contributed by atoms with van der Waals surface area (Å²) in [6.45, 7) is 10.6. The fourth-order valence-electron chi connectivity index (χ4n) is 7.98. The van der Waals surface area contributed by atoms with Crippen molar-refractivity contribution in [3.63, 3.8) is 0 Å². The molecule has 3 aromatic carbocycles. The molecule has 1 N–H and O–H groups in total. The van der Waals surface area contributed by atoms with Crippen LogP contribution >= 0.6 is 0 Å². The van der Waals surface area contributed by atoms with E-state index < -0.39 is 5.41 Å². The number of carbonyl (C=O) groups is 1. The van der Waals surface area contributed by atoms with Gasteiger partial charge in [-0.05, 0) is 78.8 Å². The Bertz CT molecular complexity index is 1600. The number of anilines is 1. The van der Waals surface area contributed by atoms with Crippen molar-refractivity contribution in [2.45, 2.75) is 70.8 Å². The molecule has 0 saturated heterocycles. The molecule has 1 saturated carbocycles. The summed E-state index contributed by atoms with van der Waals surface area (Å²) in [7, 11) is 3.23. The molecule has 0 amide bonds.